The van der Waals surface area contributed by atoms with Gasteiger partial charge in [-0.15, -0.1) is 11.3 Å². The summed E-state index contributed by atoms with van der Waals surface area (Å²) in [5.41, 5.74) is 5.49. The summed E-state index contributed by atoms with van der Waals surface area (Å²) in [5, 5.41) is 8.95. The van der Waals surface area contributed by atoms with Gasteiger partial charge in [0, 0.05) is 12.3 Å². The van der Waals surface area contributed by atoms with E-state index in [-0.39, 0.29) is 17.3 Å². The number of halogens is 3. The third kappa shape index (κ3) is 5.08. The summed E-state index contributed by atoms with van der Waals surface area (Å²) in [4.78, 5) is 23.0. The van der Waals surface area contributed by atoms with E-state index in [1.54, 1.807) is 17.6 Å². The number of thiazole rings is 1. The molecule has 5 nitrogen and oxygen atoms in total. The molecular weight excluding hydrogens is 511 g/mol. The second kappa shape index (κ2) is 10.2. The molecule has 2 heterocycles. The second-order valence-electron chi connectivity index (χ2n) is 8.95. The SMILES string of the molecule is [C-]#[N+]c1cc(C(F)(F)F)cnc1/C(=C(\c1ccc(/C=C/C(=O)O)cc1)c1ccc2scnc2c1)C1CCC1. The Balaban J connectivity index is 1.77. The lowest BCUT2D eigenvalue weighted by atomic mass is 9.74. The molecule has 1 N–H and O–H groups in total. The predicted molar refractivity (Wildman–Crippen MR) is 141 cm³/mol. The molecule has 0 saturated heterocycles. The van der Waals surface area contributed by atoms with Gasteiger partial charge in [0.15, 0.2) is 0 Å². The Morgan fingerprint density at radius 2 is 1.82 bits per heavy atom. The monoisotopic (exact) mass is 531 g/mol. The molecule has 38 heavy (non-hydrogen) atoms. The molecule has 1 aliphatic carbocycles. The van der Waals surface area contributed by atoms with E-state index >= 15 is 0 Å². The van der Waals surface area contributed by atoms with Gasteiger partial charge in [0.25, 0.3) is 0 Å². The fourth-order valence-electron chi connectivity index (χ4n) is 4.53. The molecule has 5 rings (SSSR count). The number of aliphatic carboxylic acids is 1. The summed E-state index contributed by atoms with van der Waals surface area (Å²) in [7, 11) is 0. The Bertz CT molecular complexity index is 1630. The second-order valence-corrected chi connectivity index (χ2v) is 9.83. The van der Waals surface area contributed by atoms with Crippen molar-refractivity contribution < 1.29 is 23.1 Å². The van der Waals surface area contributed by atoms with Crippen molar-refractivity contribution in [3.63, 3.8) is 0 Å². The fraction of sp³-hybridized carbons (Fsp3) is 0.172. The van der Waals surface area contributed by atoms with Crippen LogP contribution in [0.4, 0.5) is 18.9 Å². The van der Waals surface area contributed by atoms with Gasteiger partial charge in [-0.05, 0) is 70.9 Å². The van der Waals surface area contributed by atoms with Gasteiger partial charge in [-0.1, -0.05) is 36.8 Å². The standard InChI is InChI=1S/C29H20F3N3O2S/c1-33-23-14-21(29(30,31)32)15-34-28(23)27(18-3-2-4-18)26(20-10-11-24-22(13-20)35-16-38-24)19-8-5-17(6-9-19)7-12-25(36)37/h5-16,18H,2-4H2,(H,36,37)/b12-7+,27-26+. The molecule has 1 saturated carbocycles. The van der Waals surface area contributed by atoms with Crippen LogP contribution in [0, 0.1) is 12.5 Å². The summed E-state index contributed by atoms with van der Waals surface area (Å²) in [6.07, 6.45) is 1.36. The number of carbonyl (C=O) groups is 1. The van der Waals surface area contributed by atoms with Crippen molar-refractivity contribution in [3.8, 4) is 0 Å². The number of carboxylic acids is 1. The van der Waals surface area contributed by atoms with Crippen molar-refractivity contribution in [2.75, 3.05) is 0 Å². The maximum atomic E-state index is 13.4. The lowest BCUT2D eigenvalue weighted by Crippen LogP contribution is -2.16. The van der Waals surface area contributed by atoms with Crippen LogP contribution in [-0.4, -0.2) is 21.0 Å². The highest BCUT2D eigenvalue weighted by Crippen LogP contribution is 2.47. The minimum atomic E-state index is -4.61. The van der Waals surface area contributed by atoms with Crippen LogP contribution in [0.5, 0.6) is 0 Å². The minimum Gasteiger partial charge on any atom is -0.478 e. The molecule has 9 heteroatoms. The Kier molecular flexibility index (Phi) is 6.83. The average Bonchev–Trinajstić information content (AvgIpc) is 3.34. The van der Waals surface area contributed by atoms with Crippen molar-refractivity contribution in [2.45, 2.75) is 25.4 Å². The van der Waals surface area contributed by atoms with E-state index in [1.807, 2.05) is 30.3 Å². The lowest BCUT2D eigenvalue weighted by molar-refractivity contribution is -0.137. The molecule has 1 aliphatic rings. The topological polar surface area (TPSA) is 67.4 Å². The van der Waals surface area contributed by atoms with Gasteiger partial charge in [-0.3, -0.25) is 4.98 Å². The van der Waals surface area contributed by atoms with Crippen molar-refractivity contribution in [1.82, 2.24) is 9.97 Å². The molecule has 0 amide bonds. The fourth-order valence-corrected chi connectivity index (χ4v) is 5.19. The van der Waals surface area contributed by atoms with Crippen LogP contribution in [0.2, 0.25) is 0 Å². The van der Waals surface area contributed by atoms with E-state index in [2.05, 4.69) is 14.8 Å². The highest BCUT2D eigenvalue weighted by atomic mass is 32.1. The maximum absolute atomic E-state index is 13.4. The molecule has 0 unspecified atom stereocenters. The van der Waals surface area contributed by atoms with Crippen LogP contribution in [0.15, 0.2) is 66.3 Å². The smallest absolute Gasteiger partial charge is 0.416 e. The highest BCUT2D eigenvalue weighted by Gasteiger charge is 2.34. The maximum Gasteiger partial charge on any atom is 0.416 e. The minimum absolute atomic E-state index is 0.0208. The molecule has 0 aliphatic heterocycles. The zero-order chi connectivity index (χ0) is 26.9. The van der Waals surface area contributed by atoms with Gasteiger partial charge < -0.3 is 5.11 Å². The Hall–Kier alpha value is -4.29. The first-order valence-corrected chi connectivity index (χ1v) is 12.7. The zero-order valence-corrected chi connectivity index (χ0v) is 20.7. The van der Waals surface area contributed by atoms with E-state index in [9.17, 15) is 18.0 Å². The van der Waals surface area contributed by atoms with Gasteiger partial charge in [0.1, 0.15) is 0 Å². The predicted octanol–water partition coefficient (Wildman–Crippen LogP) is 8.12. The lowest BCUT2D eigenvalue weighted by Gasteiger charge is -2.31. The van der Waals surface area contributed by atoms with Crippen LogP contribution in [0.3, 0.4) is 0 Å². The van der Waals surface area contributed by atoms with E-state index in [1.165, 1.54) is 17.4 Å². The van der Waals surface area contributed by atoms with Crippen LogP contribution >= 0.6 is 11.3 Å². The number of hydrogen-bond acceptors (Lipinski definition) is 4. The molecule has 0 atom stereocenters. The van der Waals surface area contributed by atoms with Crippen LogP contribution < -0.4 is 0 Å². The first-order valence-electron chi connectivity index (χ1n) is 11.8. The van der Waals surface area contributed by atoms with E-state index in [4.69, 9.17) is 11.7 Å². The molecule has 0 bridgehead atoms. The van der Waals surface area contributed by atoms with Crippen molar-refractivity contribution in [1.29, 1.82) is 0 Å². The summed E-state index contributed by atoms with van der Waals surface area (Å²) >= 11 is 1.51. The van der Waals surface area contributed by atoms with E-state index in [0.717, 1.165) is 70.1 Å². The Morgan fingerprint density at radius 3 is 2.45 bits per heavy atom. The van der Waals surface area contributed by atoms with Crippen LogP contribution in [0.25, 0.3) is 32.3 Å². The molecule has 0 radical (unpaired) electrons. The number of nitrogens with zero attached hydrogens (tertiary/aromatic N) is 3. The highest BCUT2D eigenvalue weighted by molar-refractivity contribution is 7.16. The van der Waals surface area contributed by atoms with Crippen molar-refractivity contribution >= 4 is 50.4 Å². The Morgan fingerprint density at radius 1 is 1.08 bits per heavy atom. The van der Waals surface area contributed by atoms with Crippen molar-refractivity contribution in [2.24, 2.45) is 5.92 Å². The average molecular weight is 532 g/mol. The number of allylic oxidation sites excluding steroid dienone is 1. The van der Waals surface area contributed by atoms with E-state index < -0.39 is 17.7 Å². The normalized spacial score (nSPS) is 14.8. The molecule has 190 valence electrons. The molecule has 0 spiro atoms. The number of benzene rings is 2. The Labute approximate surface area is 220 Å². The largest absolute Gasteiger partial charge is 0.478 e. The quantitative estimate of drug-likeness (QED) is 0.202. The number of pyridine rings is 1. The number of alkyl halides is 3. The molecule has 2 aromatic carbocycles. The molecular formula is C29H20F3N3O2S. The van der Waals surface area contributed by atoms with Gasteiger partial charge in [-0.25, -0.2) is 14.6 Å². The van der Waals surface area contributed by atoms with Gasteiger partial charge in [0.05, 0.1) is 33.6 Å². The van der Waals surface area contributed by atoms with Gasteiger partial charge in [-0.2, -0.15) is 13.2 Å². The zero-order valence-electron chi connectivity index (χ0n) is 19.9. The first kappa shape index (κ1) is 25.4. The molecule has 1 fully saturated rings. The molecule has 2 aromatic heterocycles. The summed E-state index contributed by atoms with van der Waals surface area (Å²) in [5.74, 6) is -1.04. The van der Waals surface area contributed by atoms with E-state index in [0.29, 0.717) is 5.56 Å². The summed E-state index contributed by atoms with van der Waals surface area (Å²) < 4.78 is 41.3. The van der Waals surface area contributed by atoms with Gasteiger partial charge in [0.2, 0.25) is 5.69 Å². The number of aromatic nitrogens is 2. The van der Waals surface area contributed by atoms with Crippen LogP contribution in [-0.2, 0) is 11.0 Å². The number of hydrogen-bond donors (Lipinski definition) is 1. The molecule has 4 aromatic rings. The third-order valence-electron chi connectivity index (χ3n) is 6.59. The van der Waals surface area contributed by atoms with Crippen molar-refractivity contribution in [3.05, 3.63) is 106 Å². The first-order chi connectivity index (χ1) is 18.2. The summed E-state index contributed by atoms with van der Waals surface area (Å²) in [6.45, 7) is 7.67. The number of fused-ring (bicyclic) bond motifs is 1. The third-order valence-corrected chi connectivity index (χ3v) is 7.40. The summed E-state index contributed by atoms with van der Waals surface area (Å²) in [6, 6.07) is 14.0. The van der Waals surface area contributed by atoms with Crippen LogP contribution in [0.1, 0.15) is 47.2 Å². The van der Waals surface area contributed by atoms with Gasteiger partial charge >= 0.3 is 12.1 Å². The number of carboxylic acid groups (broad SMARTS) is 1. The number of rotatable bonds is 6.